The zero-order chi connectivity index (χ0) is 35.0. The van der Waals surface area contributed by atoms with E-state index in [1.807, 2.05) is 89.8 Å². The summed E-state index contributed by atoms with van der Waals surface area (Å²) in [5.74, 6) is -0.911. The van der Waals surface area contributed by atoms with Crippen molar-refractivity contribution in [2.24, 2.45) is 5.73 Å². The van der Waals surface area contributed by atoms with Crippen molar-refractivity contribution in [3.05, 3.63) is 114 Å². The second kappa shape index (κ2) is 15.7. The van der Waals surface area contributed by atoms with Gasteiger partial charge in [-0.05, 0) is 56.2 Å². The number of nitrogens with two attached hydrogens (primary N) is 1. The summed E-state index contributed by atoms with van der Waals surface area (Å²) in [4.78, 5) is 60.4. The number of Topliss-reactive ketones (excluding diaryl/α,β-unsaturated/α-hetero) is 1. The van der Waals surface area contributed by atoms with Gasteiger partial charge in [-0.3, -0.25) is 19.2 Å². The molecular formula is C37H43N7O5. The fourth-order valence-corrected chi connectivity index (χ4v) is 5.49. The van der Waals surface area contributed by atoms with Crippen molar-refractivity contribution < 1.29 is 23.9 Å². The first-order valence-corrected chi connectivity index (χ1v) is 16.2. The first-order chi connectivity index (χ1) is 23.5. The Hall–Kier alpha value is -5.33. The van der Waals surface area contributed by atoms with Crippen LogP contribution >= 0.6 is 0 Å². The molecule has 1 saturated heterocycles. The monoisotopic (exact) mass is 665 g/mol. The van der Waals surface area contributed by atoms with Crippen LogP contribution in [0, 0.1) is 0 Å². The first-order valence-electron chi connectivity index (χ1n) is 16.2. The third-order valence-corrected chi connectivity index (χ3v) is 8.33. The lowest BCUT2D eigenvalue weighted by atomic mass is 10.0. The molecule has 3 amide bonds. The molecule has 12 heteroatoms. The summed E-state index contributed by atoms with van der Waals surface area (Å²) in [6, 6.07) is 24.6. The van der Waals surface area contributed by atoms with Gasteiger partial charge in [-0.2, -0.15) is 0 Å². The van der Waals surface area contributed by atoms with E-state index in [1.165, 1.54) is 6.33 Å². The molecule has 3 aromatic carbocycles. The molecule has 1 fully saturated rings. The molecule has 0 saturated carbocycles. The van der Waals surface area contributed by atoms with Crippen molar-refractivity contribution in [2.45, 2.75) is 45.0 Å². The van der Waals surface area contributed by atoms with Crippen molar-refractivity contribution in [1.82, 2.24) is 19.8 Å². The Morgan fingerprint density at radius 1 is 0.898 bits per heavy atom. The van der Waals surface area contributed by atoms with E-state index in [1.54, 1.807) is 31.5 Å². The second-order valence-electron chi connectivity index (χ2n) is 12.7. The smallest absolute Gasteiger partial charge is 0.250 e. The Kier molecular flexibility index (Phi) is 11.2. The molecule has 0 aliphatic carbocycles. The summed E-state index contributed by atoms with van der Waals surface area (Å²) in [7, 11) is 0. The maximum absolute atomic E-state index is 14.1. The van der Waals surface area contributed by atoms with Gasteiger partial charge >= 0.3 is 0 Å². The minimum atomic E-state index is -1.21. The maximum atomic E-state index is 14.1. The van der Waals surface area contributed by atoms with Crippen LogP contribution < -0.4 is 21.3 Å². The number of nitrogens with zero attached hydrogens (tertiary/aromatic N) is 4. The van der Waals surface area contributed by atoms with Gasteiger partial charge in [0.2, 0.25) is 11.8 Å². The number of ether oxygens (including phenoxy) is 1. The second-order valence-corrected chi connectivity index (χ2v) is 12.7. The average molecular weight is 666 g/mol. The fourth-order valence-electron chi connectivity index (χ4n) is 5.49. The zero-order valence-corrected chi connectivity index (χ0v) is 28.0. The van der Waals surface area contributed by atoms with Crippen LogP contribution in [0.15, 0.2) is 97.5 Å². The normalized spacial score (nSPS) is 14.5. The van der Waals surface area contributed by atoms with Crippen molar-refractivity contribution >= 4 is 35.0 Å². The van der Waals surface area contributed by atoms with Crippen LogP contribution in [-0.2, 0) is 25.7 Å². The lowest BCUT2D eigenvalue weighted by Gasteiger charge is -2.37. The number of imidazole rings is 1. The molecule has 4 N–H and O–H groups in total. The standard InChI is InChI=1S/C37H43N7O5/c1-26(45)28-14-16-30(17-15-28)42-18-20-43(21-19-42)35(47)33(29-12-8-5-9-13-29)44-22-32(39-25-44)41-34(46)31(40-36(48)37(2,3)38)24-49-23-27-10-6-4-7-11-27/h4-17,22,25,31,33H,18-21,23-24,38H2,1-3H3,(H,40,48)(H,41,46)/t31-,33?/m1/s1. The first kappa shape index (κ1) is 35.0. The number of hydrogen-bond donors (Lipinski definition) is 3. The molecular weight excluding hydrogens is 622 g/mol. The Balaban J connectivity index is 1.28. The summed E-state index contributed by atoms with van der Waals surface area (Å²) in [5.41, 5.74) is 8.13. The Labute approximate surface area is 286 Å². The van der Waals surface area contributed by atoms with Crippen LogP contribution in [0.4, 0.5) is 11.5 Å². The van der Waals surface area contributed by atoms with E-state index in [4.69, 9.17) is 10.5 Å². The average Bonchev–Trinajstić information content (AvgIpc) is 3.56. The molecule has 1 aliphatic rings. The van der Waals surface area contributed by atoms with E-state index >= 15 is 0 Å². The van der Waals surface area contributed by atoms with E-state index in [0.29, 0.717) is 31.7 Å². The third-order valence-electron chi connectivity index (χ3n) is 8.33. The SMILES string of the molecule is CC(=O)c1ccc(N2CCN(C(=O)C(c3ccccc3)n3cnc(NC(=O)[C@@H](COCc4ccccc4)NC(=O)C(C)(C)N)c3)CC2)cc1. The molecule has 0 spiro atoms. The van der Waals surface area contributed by atoms with Crippen LogP contribution in [0.5, 0.6) is 0 Å². The molecule has 256 valence electrons. The predicted octanol–water partition coefficient (Wildman–Crippen LogP) is 3.40. The van der Waals surface area contributed by atoms with E-state index in [-0.39, 0.29) is 30.7 Å². The third kappa shape index (κ3) is 9.18. The Morgan fingerprint density at radius 2 is 1.53 bits per heavy atom. The quantitative estimate of drug-likeness (QED) is 0.184. The highest BCUT2D eigenvalue weighted by Gasteiger charge is 2.32. The number of anilines is 2. The number of benzene rings is 3. The van der Waals surface area contributed by atoms with Gasteiger partial charge in [0.15, 0.2) is 11.6 Å². The van der Waals surface area contributed by atoms with Crippen LogP contribution in [-0.4, -0.2) is 82.3 Å². The fraction of sp³-hybridized carbons (Fsp3) is 0.324. The zero-order valence-electron chi connectivity index (χ0n) is 28.0. The van der Waals surface area contributed by atoms with Gasteiger partial charge in [-0.15, -0.1) is 0 Å². The number of nitrogens with one attached hydrogen (secondary N) is 2. The molecule has 1 aromatic heterocycles. The molecule has 12 nitrogen and oxygen atoms in total. The number of ketones is 1. The highest BCUT2D eigenvalue weighted by molar-refractivity contribution is 5.98. The molecule has 0 bridgehead atoms. The van der Waals surface area contributed by atoms with Gasteiger partial charge < -0.3 is 35.5 Å². The lowest BCUT2D eigenvalue weighted by molar-refractivity contribution is -0.133. The summed E-state index contributed by atoms with van der Waals surface area (Å²) in [6.45, 7) is 7.10. The summed E-state index contributed by atoms with van der Waals surface area (Å²) >= 11 is 0. The molecule has 2 atom stereocenters. The van der Waals surface area contributed by atoms with Crippen molar-refractivity contribution in [1.29, 1.82) is 0 Å². The van der Waals surface area contributed by atoms with Crippen molar-refractivity contribution in [2.75, 3.05) is 43.0 Å². The summed E-state index contributed by atoms with van der Waals surface area (Å²) in [6.07, 6.45) is 3.12. The molecule has 1 unspecified atom stereocenters. The summed E-state index contributed by atoms with van der Waals surface area (Å²) < 4.78 is 7.48. The van der Waals surface area contributed by atoms with Crippen LogP contribution in [0.1, 0.15) is 48.3 Å². The van der Waals surface area contributed by atoms with Gasteiger partial charge in [0.25, 0.3) is 5.91 Å². The highest BCUT2D eigenvalue weighted by atomic mass is 16.5. The van der Waals surface area contributed by atoms with E-state index < -0.39 is 29.4 Å². The van der Waals surface area contributed by atoms with E-state index in [9.17, 15) is 19.2 Å². The minimum absolute atomic E-state index is 0.0196. The number of hydrogen-bond acceptors (Lipinski definition) is 8. The number of rotatable bonds is 13. The van der Waals surface area contributed by atoms with Crippen molar-refractivity contribution in [3.63, 3.8) is 0 Å². The minimum Gasteiger partial charge on any atom is -0.374 e. The molecule has 0 radical (unpaired) electrons. The van der Waals surface area contributed by atoms with Crippen LogP contribution in [0.3, 0.4) is 0 Å². The van der Waals surface area contributed by atoms with Crippen LogP contribution in [0.25, 0.3) is 0 Å². The lowest BCUT2D eigenvalue weighted by Crippen LogP contribution is -2.56. The molecule has 1 aliphatic heterocycles. The predicted molar refractivity (Wildman–Crippen MR) is 187 cm³/mol. The largest absolute Gasteiger partial charge is 0.374 e. The number of aromatic nitrogens is 2. The van der Waals surface area contributed by atoms with Gasteiger partial charge in [0.1, 0.15) is 12.1 Å². The van der Waals surface area contributed by atoms with Crippen molar-refractivity contribution in [3.8, 4) is 0 Å². The molecule has 4 aromatic rings. The Bertz CT molecular complexity index is 1730. The molecule has 2 heterocycles. The van der Waals surface area contributed by atoms with Crippen LogP contribution in [0.2, 0.25) is 0 Å². The number of carbonyl (C=O) groups excluding carboxylic acids is 4. The Morgan fingerprint density at radius 3 is 2.14 bits per heavy atom. The summed E-state index contributed by atoms with van der Waals surface area (Å²) in [5, 5.41) is 5.46. The molecule has 5 rings (SSSR count). The highest BCUT2D eigenvalue weighted by Crippen LogP contribution is 2.25. The van der Waals surface area contributed by atoms with Gasteiger partial charge in [0, 0.05) is 43.6 Å². The van der Waals surface area contributed by atoms with E-state index in [2.05, 4.69) is 20.5 Å². The number of carbonyl (C=O) groups is 4. The number of piperazine rings is 1. The van der Waals surface area contributed by atoms with E-state index in [0.717, 1.165) is 16.8 Å². The maximum Gasteiger partial charge on any atom is 0.250 e. The topological polar surface area (TPSA) is 152 Å². The van der Waals surface area contributed by atoms with Gasteiger partial charge in [0.05, 0.1) is 25.1 Å². The molecule has 49 heavy (non-hydrogen) atoms. The van der Waals surface area contributed by atoms with Gasteiger partial charge in [-0.25, -0.2) is 4.98 Å². The van der Waals surface area contributed by atoms with Gasteiger partial charge in [-0.1, -0.05) is 60.7 Å². The number of amides is 3.